The fourth-order valence-electron chi connectivity index (χ4n) is 1.79. The van der Waals surface area contributed by atoms with Crippen molar-refractivity contribution in [2.75, 3.05) is 7.11 Å². The zero-order valence-electron chi connectivity index (χ0n) is 10.1. The molecule has 18 heavy (non-hydrogen) atoms. The lowest BCUT2D eigenvalue weighted by Crippen LogP contribution is -2.02. The Hall–Kier alpha value is -1.39. The molecule has 0 saturated carbocycles. The monoisotopic (exact) mass is 266 g/mol. The first kappa shape index (κ1) is 13.1. The number of aliphatic hydroxyl groups excluding tert-OH is 1. The van der Waals surface area contributed by atoms with Crippen LogP contribution in [-0.4, -0.2) is 12.2 Å². The van der Waals surface area contributed by atoms with Gasteiger partial charge in [-0.2, -0.15) is 0 Å². The minimum atomic E-state index is -0.780. The van der Waals surface area contributed by atoms with Crippen LogP contribution in [0.1, 0.15) is 23.0 Å². The van der Waals surface area contributed by atoms with Crippen LogP contribution in [0.5, 0.6) is 5.75 Å². The summed E-state index contributed by atoms with van der Waals surface area (Å²) in [7, 11) is 1.49. The van der Waals surface area contributed by atoms with Crippen molar-refractivity contribution in [2.45, 2.75) is 18.9 Å². The molecule has 0 amide bonds. The molecule has 0 spiro atoms. The first-order valence-corrected chi connectivity index (χ1v) is 6.62. The molecule has 1 atom stereocenters. The van der Waals surface area contributed by atoms with Crippen LogP contribution in [0.3, 0.4) is 0 Å². The van der Waals surface area contributed by atoms with Crippen molar-refractivity contribution >= 4 is 11.3 Å². The first-order valence-electron chi connectivity index (χ1n) is 5.74. The van der Waals surface area contributed by atoms with Crippen LogP contribution in [-0.2, 0) is 6.42 Å². The molecule has 2 nitrogen and oxygen atoms in total. The summed E-state index contributed by atoms with van der Waals surface area (Å²) in [5.41, 5.74) is 0.326. The highest BCUT2D eigenvalue weighted by molar-refractivity contribution is 7.09. The van der Waals surface area contributed by atoms with Crippen LogP contribution in [0, 0.1) is 5.82 Å². The zero-order chi connectivity index (χ0) is 13.0. The Balaban J connectivity index is 2.02. The molecule has 0 fully saturated rings. The van der Waals surface area contributed by atoms with Crippen LogP contribution in [0.15, 0.2) is 35.7 Å². The minimum Gasteiger partial charge on any atom is -0.497 e. The van der Waals surface area contributed by atoms with E-state index in [9.17, 15) is 9.50 Å². The third-order valence-corrected chi connectivity index (χ3v) is 3.75. The van der Waals surface area contributed by atoms with Gasteiger partial charge in [-0.1, -0.05) is 6.07 Å². The standard InChI is InChI=1S/C14H15FO2S/c1-17-10-4-6-12(13(15)9-10)14(16)7-5-11-3-2-8-18-11/h2-4,6,8-9,14,16H,5,7H2,1H3. The summed E-state index contributed by atoms with van der Waals surface area (Å²) in [6.45, 7) is 0. The van der Waals surface area contributed by atoms with Crippen LogP contribution < -0.4 is 4.74 Å². The molecule has 1 aromatic heterocycles. The summed E-state index contributed by atoms with van der Waals surface area (Å²) in [4.78, 5) is 1.20. The van der Waals surface area contributed by atoms with Gasteiger partial charge in [-0.25, -0.2) is 4.39 Å². The Bertz CT molecular complexity index is 497. The van der Waals surface area contributed by atoms with Crippen molar-refractivity contribution in [1.82, 2.24) is 0 Å². The van der Waals surface area contributed by atoms with Gasteiger partial charge >= 0.3 is 0 Å². The van der Waals surface area contributed by atoms with Gasteiger partial charge in [0, 0.05) is 16.5 Å². The van der Waals surface area contributed by atoms with E-state index in [0.717, 1.165) is 6.42 Å². The van der Waals surface area contributed by atoms with Gasteiger partial charge in [-0.3, -0.25) is 0 Å². The molecule has 1 heterocycles. The Morgan fingerprint density at radius 1 is 1.39 bits per heavy atom. The molecular formula is C14H15FO2S. The first-order chi connectivity index (χ1) is 8.70. The maximum Gasteiger partial charge on any atom is 0.132 e. The molecule has 0 aliphatic carbocycles. The predicted molar refractivity (Wildman–Crippen MR) is 70.6 cm³/mol. The molecular weight excluding hydrogens is 251 g/mol. The Labute approximate surface area is 110 Å². The molecule has 0 aliphatic heterocycles. The van der Waals surface area contributed by atoms with E-state index in [-0.39, 0.29) is 0 Å². The summed E-state index contributed by atoms with van der Waals surface area (Å²) in [6, 6.07) is 8.52. The Kier molecular flexibility index (Phi) is 4.33. The third-order valence-electron chi connectivity index (χ3n) is 2.81. The minimum absolute atomic E-state index is 0.326. The van der Waals surface area contributed by atoms with Crippen molar-refractivity contribution in [3.05, 3.63) is 52.0 Å². The van der Waals surface area contributed by atoms with E-state index in [1.54, 1.807) is 23.5 Å². The van der Waals surface area contributed by atoms with Gasteiger partial charge in [0.05, 0.1) is 13.2 Å². The molecule has 0 saturated heterocycles. The van der Waals surface area contributed by atoms with Gasteiger partial charge in [0.1, 0.15) is 11.6 Å². The summed E-state index contributed by atoms with van der Waals surface area (Å²) in [6.07, 6.45) is 0.492. The average molecular weight is 266 g/mol. The number of rotatable bonds is 5. The third kappa shape index (κ3) is 3.09. The highest BCUT2D eigenvalue weighted by Gasteiger charge is 2.13. The largest absolute Gasteiger partial charge is 0.497 e. The van der Waals surface area contributed by atoms with Crippen molar-refractivity contribution in [1.29, 1.82) is 0 Å². The van der Waals surface area contributed by atoms with E-state index in [0.29, 0.717) is 17.7 Å². The topological polar surface area (TPSA) is 29.5 Å². The normalized spacial score (nSPS) is 12.4. The smallest absolute Gasteiger partial charge is 0.132 e. The Morgan fingerprint density at radius 2 is 2.22 bits per heavy atom. The number of hydrogen-bond donors (Lipinski definition) is 1. The summed E-state index contributed by atoms with van der Waals surface area (Å²) in [5, 5.41) is 12.0. The fourth-order valence-corrected chi connectivity index (χ4v) is 2.52. The SMILES string of the molecule is COc1ccc(C(O)CCc2cccs2)c(F)c1. The van der Waals surface area contributed by atoms with Crippen LogP contribution >= 0.6 is 11.3 Å². The van der Waals surface area contributed by atoms with Gasteiger partial charge in [0.2, 0.25) is 0 Å². The molecule has 2 rings (SSSR count). The molecule has 96 valence electrons. The molecule has 0 aliphatic rings. The van der Waals surface area contributed by atoms with Crippen molar-refractivity contribution in [2.24, 2.45) is 0 Å². The summed E-state index contributed by atoms with van der Waals surface area (Å²) < 4.78 is 18.6. The molecule has 0 radical (unpaired) electrons. The van der Waals surface area contributed by atoms with E-state index >= 15 is 0 Å². The Morgan fingerprint density at radius 3 is 2.83 bits per heavy atom. The lowest BCUT2D eigenvalue weighted by Gasteiger charge is -2.12. The van der Waals surface area contributed by atoms with E-state index < -0.39 is 11.9 Å². The number of hydrogen-bond acceptors (Lipinski definition) is 3. The van der Waals surface area contributed by atoms with E-state index in [1.807, 2.05) is 17.5 Å². The maximum atomic E-state index is 13.7. The highest BCUT2D eigenvalue weighted by atomic mass is 32.1. The van der Waals surface area contributed by atoms with E-state index in [1.165, 1.54) is 18.1 Å². The number of aryl methyl sites for hydroxylation is 1. The van der Waals surface area contributed by atoms with Crippen molar-refractivity contribution in [3.63, 3.8) is 0 Å². The quantitative estimate of drug-likeness (QED) is 0.896. The van der Waals surface area contributed by atoms with E-state index in [4.69, 9.17) is 4.74 Å². The van der Waals surface area contributed by atoms with Crippen LogP contribution in [0.4, 0.5) is 4.39 Å². The number of methoxy groups -OCH3 is 1. The second-order valence-electron chi connectivity index (χ2n) is 4.02. The number of thiophene rings is 1. The second-order valence-corrected chi connectivity index (χ2v) is 5.05. The number of aliphatic hydroxyl groups is 1. The van der Waals surface area contributed by atoms with Crippen molar-refractivity contribution < 1.29 is 14.2 Å². The molecule has 0 bridgehead atoms. The average Bonchev–Trinajstić information content (AvgIpc) is 2.88. The second kappa shape index (κ2) is 5.98. The van der Waals surface area contributed by atoms with Gasteiger partial charge in [0.25, 0.3) is 0 Å². The van der Waals surface area contributed by atoms with Gasteiger partial charge < -0.3 is 9.84 Å². The number of halogens is 1. The molecule has 1 unspecified atom stereocenters. The van der Waals surface area contributed by atoms with E-state index in [2.05, 4.69) is 0 Å². The van der Waals surface area contributed by atoms with Crippen LogP contribution in [0.25, 0.3) is 0 Å². The fraction of sp³-hybridized carbons (Fsp3) is 0.286. The van der Waals surface area contributed by atoms with Gasteiger partial charge in [-0.15, -0.1) is 11.3 Å². The van der Waals surface area contributed by atoms with Crippen LogP contribution in [0.2, 0.25) is 0 Å². The lowest BCUT2D eigenvalue weighted by atomic mass is 10.0. The van der Waals surface area contributed by atoms with Gasteiger partial charge in [0.15, 0.2) is 0 Å². The predicted octanol–water partition coefficient (Wildman–Crippen LogP) is 3.56. The zero-order valence-corrected chi connectivity index (χ0v) is 10.9. The van der Waals surface area contributed by atoms with Crippen molar-refractivity contribution in [3.8, 4) is 5.75 Å². The highest BCUT2D eigenvalue weighted by Crippen LogP contribution is 2.25. The molecule has 2 aromatic rings. The lowest BCUT2D eigenvalue weighted by molar-refractivity contribution is 0.163. The summed E-state index contributed by atoms with van der Waals surface area (Å²) >= 11 is 1.65. The molecule has 4 heteroatoms. The summed E-state index contributed by atoms with van der Waals surface area (Å²) in [5.74, 6) is 0.0368. The maximum absolute atomic E-state index is 13.7. The number of ether oxygens (including phenoxy) is 1. The molecule has 1 aromatic carbocycles. The van der Waals surface area contributed by atoms with Gasteiger partial charge in [-0.05, 0) is 36.4 Å². The molecule has 1 N–H and O–H groups in total. The number of benzene rings is 1.